The summed E-state index contributed by atoms with van der Waals surface area (Å²) in [6, 6.07) is 18.7. The third kappa shape index (κ3) is 5.16. The number of carbonyl (C=O) groups is 1. The van der Waals surface area contributed by atoms with Crippen LogP contribution in [0.1, 0.15) is 35.3 Å². The van der Waals surface area contributed by atoms with Gasteiger partial charge in [0.25, 0.3) is 0 Å². The smallest absolute Gasteiger partial charge is 0.330 e. The van der Waals surface area contributed by atoms with Crippen LogP contribution in [-0.2, 0) is 9.53 Å². The molecule has 0 aromatic heterocycles. The largest absolute Gasteiger partial charge is 0.496 e. The van der Waals surface area contributed by atoms with E-state index in [0.29, 0.717) is 22.9 Å². The van der Waals surface area contributed by atoms with E-state index < -0.39 is 12.1 Å². The number of carbonyl (C=O) groups excluding carboxylic acids is 1. The highest BCUT2D eigenvalue weighted by Crippen LogP contribution is 2.38. The minimum absolute atomic E-state index is 0.318. The molecular formula is C26H25ClO4. The number of esters is 1. The molecule has 0 saturated carbocycles. The van der Waals surface area contributed by atoms with Crippen LogP contribution in [0, 0.1) is 6.92 Å². The molecule has 0 aliphatic heterocycles. The van der Waals surface area contributed by atoms with Crippen LogP contribution in [-0.4, -0.2) is 24.8 Å². The molecule has 0 heterocycles. The summed E-state index contributed by atoms with van der Waals surface area (Å²) < 4.78 is 10.4. The summed E-state index contributed by atoms with van der Waals surface area (Å²) in [5.74, 6) is 0.304. The average molecular weight is 437 g/mol. The number of rotatable bonds is 7. The van der Waals surface area contributed by atoms with Crippen molar-refractivity contribution in [2.24, 2.45) is 0 Å². The van der Waals surface area contributed by atoms with Gasteiger partial charge in [-0.1, -0.05) is 54.1 Å². The minimum Gasteiger partial charge on any atom is -0.496 e. The molecule has 0 saturated heterocycles. The van der Waals surface area contributed by atoms with Gasteiger partial charge in [-0.05, 0) is 71.5 Å². The van der Waals surface area contributed by atoms with Crippen molar-refractivity contribution >= 4 is 23.6 Å². The maximum absolute atomic E-state index is 11.8. The molecule has 0 radical (unpaired) electrons. The van der Waals surface area contributed by atoms with Crippen LogP contribution in [0.4, 0.5) is 0 Å². The zero-order chi connectivity index (χ0) is 22.4. The lowest BCUT2D eigenvalue weighted by molar-refractivity contribution is -0.137. The van der Waals surface area contributed by atoms with E-state index in [9.17, 15) is 9.90 Å². The number of aliphatic hydroxyl groups excluding tert-OH is 1. The van der Waals surface area contributed by atoms with Crippen molar-refractivity contribution in [2.75, 3.05) is 13.7 Å². The van der Waals surface area contributed by atoms with Crippen LogP contribution >= 0.6 is 11.6 Å². The van der Waals surface area contributed by atoms with E-state index >= 15 is 0 Å². The minimum atomic E-state index is -0.911. The molecule has 31 heavy (non-hydrogen) atoms. The second-order valence-electron chi connectivity index (χ2n) is 6.98. The molecule has 0 spiro atoms. The van der Waals surface area contributed by atoms with Gasteiger partial charge in [-0.3, -0.25) is 0 Å². The topological polar surface area (TPSA) is 55.8 Å². The fourth-order valence-corrected chi connectivity index (χ4v) is 3.74. The summed E-state index contributed by atoms with van der Waals surface area (Å²) in [5, 5.41) is 11.9. The Labute approximate surface area is 187 Å². The van der Waals surface area contributed by atoms with Gasteiger partial charge >= 0.3 is 5.97 Å². The van der Waals surface area contributed by atoms with E-state index in [-0.39, 0.29) is 0 Å². The van der Waals surface area contributed by atoms with Gasteiger partial charge in [0.1, 0.15) is 11.9 Å². The first-order valence-corrected chi connectivity index (χ1v) is 10.4. The number of halogens is 1. The first-order valence-electron chi connectivity index (χ1n) is 10.0. The zero-order valence-electron chi connectivity index (χ0n) is 17.8. The monoisotopic (exact) mass is 436 g/mol. The zero-order valence-corrected chi connectivity index (χ0v) is 18.5. The molecule has 0 amide bonds. The first kappa shape index (κ1) is 22.6. The van der Waals surface area contributed by atoms with Gasteiger partial charge in [0.15, 0.2) is 0 Å². The fraction of sp³-hybridized carbons (Fsp3) is 0.192. The van der Waals surface area contributed by atoms with Gasteiger partial charge in [-0.25, -0.2) is 4.79 Å². The highest BCUT2D eigenvalue weighted by Gasteiger charge is 2.20. The SMILES string of the molecule is CCOC(=O)/C=C/c1ccccc1-c1ccc(Cl)cc1C(O)c1cccc(OC)c1C. The average Bonchev–Trinajstić information content (AvgIpc) is 2.78. The van der Waals surface area contributed by atoms with Crippen LogP contribution in [0.5, 0.6) is 5.75 Å². The summed E-state index contributed by atoms with van der Waals surface area (Å²) >= 11 is 6.30. The van der Waals surface area contributed by atoms with Crippen LogP contribution < -0.4 is 4.74 Å². The Hall–Kier alpha value is -3.08. The van der Waals surface area contributed by atoms with Gasteiger partial charge in [0.05, 0.1) is 13.7 Å². The summed E-state index contributed by atoms with van der Waals surface area (Å²) in [5.41, 5.74) is 4.79. The molecule has 0 fully saturated rings. The van der Waals surface area contributed by atoms with Gasteiger partial charge in [0.2, 0.25) is 0 Å². The number of methoxy groups -OCH3 is 1. The molecule has 4 nitrogen and oxygen atoms in total. The van der Waals surface area contributed by atoms with Crippen molar-refractivity contribution in [3.63, 3.8) is 0 Å². The molecule has 1 unspecified atom stereocenters. The number of benzene rings is 3. The summed E-state index contributed by atoms with van der Waals surface area (Å²) in [6.07, 6.45) is 2.21. The fourth-order valence-electron chi connectivity index (χ4n) is 3.56. The molecule has 3 aromatic rings. The molecule has 0 aliphatic carbocycles. The number of aliphatic hydroxyl groups is 1. The van der Waals surface area contributed by atoms with E-state index in [4.69, 9.17) is 21.1 Å². The molecule has 0 bridgehead atoms. The van der Waals surface area contributed by atoms with Crippen molar-refractivity contribution < 1.29 is 19.4 Å². The summed E-state index contributed by atoms with van der Waals surface area (Å²) in [6.45, 7) is 4.00. The Morgan fingerprint density at radius 2 is 1.84 bits per heavy atom. The van der Waals surface area contributed by atoms with Crippen molar-refractivity contribution in [3.8, 4) is 16.9 Å². The molecule has 160 valence electrons. The van der Waals surface area contributed by atoms with E-state index in [1.54, 1.807) is 32.2 Å². The molecule has 0 aliphatic rings. The van der Waals surface area contributed by atoms with Crippen LogP contribution in [0.3, 0.4) is 0 Å². The number of hydrogen-bond donors (Lipinski definition) is 1. The van der Waals surface area contributed by atoms with E-state index in [1.807, 2.05) is 55.5 Å². The quantitative estimate of drug-likeness (QED) is 0.365. The lowest BCUT2D eigenvalue weighted by Gasteiger charge is -2.20. The molecule has 1 N–H and O–H groups in total. The first-order chi connectivity index (χ1) is 15.0. The van der Waals surface area contributed by atoms with Crippen LogP contribution in [0.2, 0.25) is 5.02 Å². The standard InChI is InChI=1S/C26H25ClO4/c1-4-31-25(28)15-12-18-8-5-6-9-21(18)22-14-13-19(27)16-23(22)26(29)20-10-7-11-24(30-3)17(20)2/h5-16,26,29H,4H2,1-3H3/b15-12+. The lowest BCUT2D eigenvalue weighted by Crippen LogP contribution is -2.05. The van der Waals surface area contributed by atoms with E-state index in [1.165, 1.54) is 6.08 Å². The van der Waals surface area contributed by atoms with Crippen LogP contribution in [0.25, 0.3) is 17.2 Å². The van der Waals surface area contributed by atoms with Crippen molar-refractivity contribution in [3.05, 3.63) is 94.0 Å². The Morgan fingerprint density at radius 3 is 2.58 bits per heavy atom. The molecular weight excluding hydrogens is 412 g/mol. The van der Waals surface area contributed by atoms with E-state index in [0.717, 1.165) is 27.8 Å². The normalized spacial score (nSPS) is 12.0. The maximum Gasteiger partial charge on any atom is 0.330 e. The second kappa shape index (κ2) is 10.3. The predicted molar refractivity (Wildman–Crippen MR) is 124 cm³/mol. The molecule has 3 rings (SSSR count). The van der Waals surface area contributed by atoms with Crippen molar-refractivity contribution in [1.82, 2.24) is 0 Å². The third-order valence-corrected chi connectivity index (χ3v) is 5.32. The van der Waals surface area contributed by atoms with Gasteiger partial charge in [-0.15, -0.1) is 0 Å². The van der Waals surface area contributed by atoms with Crippen LogP contribution in [0.15, 0.2) is 66.7 Å². The predicted octanol–water partition coefficient (Wildman–Crippen LogP) is 5.98. The van der Waals surface area contributed by atoms with Gasteiger partial charge in [0, 0.05) is 11.1 Å². The second-order valence-corrected chi connectivity index (χ2v) is 7.42. The molecule has 3 aromatic carbocycles. The van der Waals surface area contributed by atoms with Gasteiger partial charge in [-0.2, -0.15) is 0 Å². The summed E-state index contributed by atoms with van der Waals surface area (Å²) in [4.78, 5) is 11.8. The van der Waals surface area contributed by atoms with Crippen molar-refractivity contribution in [1.29, 1.82) is 0 Å². The number of hydrogen-bond acceptors (Lipinski definition) is 4. The highest BCUT2D eigenvalue weighted by molar-refractivity contribution is 6.30. The Morgan fingerprint density at radius 1 is 1.06 bits per heavy atom. The number of ether oxygens (including phenoxy) is 2. The molecule has 1 atom stereocenters. The summed E-state index contributed by atoms with van der Waals surface area (Å²) in [7, 11) is 1.61. The highest BCUT2D eigenvalue weighted by atomic mass is 35.5. The lowest BCUT2D eigenvalue weighted by atomic mass is 9.89. The van der Waals surface area contributed by atoms with Crippen molar-refractivity contribution in [2.45, 2.75) is 20.0 Å². The Kier molecular flexibility index (Phi) is 7.50. The van der Waals surface area contributed by atoms with Gasteiger partial charge < -0.3 is 14.6 Å². The van der Waals surface area contributed by atoms with E-state index in [2.05, 4.69) is 0 Å². The maximum atomic E-state index is 11.8. The molecule has 5 heteroatoms. The Bertz CT molecular complexity index is 1100. The third-order valence-electron chi connectivity index (χ3n) is 5.09. The Balaban J connectivity index is 2.11.